The Labute approximate surface area is 536 Å². The fraction of sp³-hybridized carbons (Fsp3) is 0.387. The van der Waals surface area contributed by atoms with Crippen molar-refractivity contribution in [3.63, 3.8) is 0 Å². The van der Waals surface area contributed by atoms with Crippen LogP contribution >= 0.6 is 82.6 Å². The van der Waals surface area contributed by atoms with Crippen molar-refractivity contribution in [2.45, 2.75) is 137 Å². The zero-order valence-electron chi connectivity index (χ0n) is 48.7. The molecule has 0 saturated heterocycles. The average molecular weight is 1460 g/mol. The third-order valence-corrected chi connectivity index (χ3v) is 22.7. The summed E-state index contributed by atoms with van der Waals surface area (Å²) in [5, 5.41) is 2.07. The van der Waals surface area contributed by atoms with Crippen molar-refractivity contribution < 1.29 is 46.0 Å². The second-order valence-electron chi connectivity index (χ2n) is 18.8. The summed E-state index contributed by atoms with van der Waals surface area (Å²) in [5.41, 5.74) is 6.79. The maximum atomic E-state index is 6.32. The van der Waals surface area contributed by atoms with Crippen LogP contribution in [0.15, 0.2) is 182 Å². The van der Waals surface area contributed by atoms with Gasteiger partial charge < -0.3 is 26.1 Å². The summed E-state index contributed by atoms with van der Waals surface area (Å²) < 4.78 is 18.6. The van der Waals surface area contributed by atoms with Crippen molar-refractivity contribution in [2.24, 2.45) is 0 Å². The minimum absolute atomic E-state index is 0.394. The molecule has 0 saturated carbocycles. The molecule has 6 aromatic carbocycles. The Balaban J connectivity index is 0. The van der Waals surface area contributed by atoms with E-state index in [1.807, 2.05) is 43.4 Å². The molecule has 0 bridgehead atoms. The van der Waals surface area contributed by atoms with Crippen molar-refractivity contribution in [3.05, 3.63) is 217 Å². The van der Waals surface area contributed by atoms with Crippen LogP contribution in [-0.2, 0) is 71.6 Å². The molecule has 0 N–H and O–H groups in total. The van der Waals surface area contributed by atoms with Crippen LogP contribution in [0.5, 0.6) is 0 Å². The Hall–Kier alpha value is -0.276. The van der Waals surface area contributed by atoms with Gasteiger partial charge in [-0.15, -0.1) is 55.4 Å². The Bertz CT molecular complexity index is 2160. The summed E-state index contributed by atoms with van der Waals surface area (Å²) in [4.78, 5) is 0. The van der Waals surface area contributed by atoms with E-state index in [1.54, 1.807) is 0 Å². The van der Waals surface area contributed by atoms with Crippen LogP contribution in [0.3, 0.4) is 0 Å². The summed E-state index contributed by atoms with van der Waals surface area (Å²) in [6.45, 7) is 24.0. The molecular weight excluding hydrogens is 1370 g/mol. The van der Waals surface area contributed by atoms with Gasteiger partial charge in [-0.1, -0.05) is 220 Å². The first-order valence-corrected chi connectivity index (χ1v) is 55.8. The van der Waals surface area contributed by atoms with Gasteiger partial charge in [0, 0.05) is 25.4 Å². The number of rotatable bonds is 22. The summed E-state index contributed by atoms with van der Waals surface area (Å²) in [5.74, 6) is 0. The molecule has 0 aliphatic carbocycles. The number of aryl methyl sites for hydroxylation is 4. The Kier molecular flexibility index (Phi) is 51.2. The molecular formula is C62H89Br2Cl5O3Si4Zn2. The number of hydrogen-bond acceptors (Lipinski definition) is 3. The fourth-order valence-electron chi connectivity index (χ4n) is 7.52. The van der Waals surface area contributed by atoms with Crippen molar-refractivity contribution >= 4 is 123 Å². The van der Waals surface area contributed by atoms with Crippen LogP contribution in [0, 0.1) is 12.8 Å². The first-order valence-electron chi connectivity index (χ1n) is 27.0. The number of halogens is 7. The van der Waals surface area contributed by atoms with E-state index in [2.05, 4.69) is 253 Å². The molecule has 0 aliphatic rings. The predicted molar refractivity (Wildman–Crippen MR) is 358 cm³/mol. The Morgan fingerprint density at radius 2 is 0.667 bits per heavy atom. The molecule has 0 fully saturated rings. The van der Waals surface area contributed by atoms with E-state index in [4.69, 9.17) is 68.7 Å². The second-order valence-corrected chi connectivity index (χ2v) is 44.1. The van der Waals surface area contributed by atoms with Crippen LogP contribution in [0.25, 0.3) is 0 Å². The first kappa shape index (κ1) is 79.8. The van der Waals surface area contributed by atoms with Crippen molar-refractivity contribution in [1.29, 1.82) is 0 Å². The third-order valence-electron chi connectivity index (χ3n) is 11.9. The quantitative estimate of drug-likeness (QED) is 0.0385. The third kappa shape index (κ3) is 40.9. The molecule has 0 aromatic heterocycles. The maximum absolute atomic E-state index is 6.32. The van der Waals surface area contributed by atoms with Gasteiger partial charge in [-0.05, 0) is 99.7 Å². The van der Waals surface area contributed by atoms with Gasteiger partial charge in [0.15, 0.2) is 8.32 Å². The van der Waals surface area contributed by atoms with E-state index in [1.165, 1.54) is 98.7 Å². The van der Waals surface area contributed by atoms with Crippen LogP contribution in [-0.4, -0.2) is 49.4 Å². The first-order chi connectivity index (χ1) is 37.3. The molecule has 6 aromatic rings. The van der Waals surface area contributed by atoms with Gasteiger partial charge in [-0.2, -0.15) is 26.7 Å². The van der Waals surface area contributed by atoms with Gasteiger partial charge in [-0.25, -0.2) is 0 Å². The molecule has 0 heterocycles. The van der Waals surface area contributed by atoms with Gasteiger partial charge in [0.1, 0.15) is 0 Å². The van der Waals surface area contributed by atoms with E-state index >= 15 is 0 Å². The predicted octanol–water partition coefficient (Wildman–Crippen LogP) is 20.8. The van der Waals surface area contributed by atoms with Crippen LogP contribution < -0.4 is 10.4 Å². The molecule has 16 heteroatoms. The molecule has 0 aliphatic heterocycles. The topological polar surface area (TPSA) is 27.7 Å². The molecule has 0 radical (unpaired) electrons. The summed E-state index contributed by atoms with van der Waals surface area (Å²) in [6.07, 6.45) is 13.7. The molecule has 0 spiro atoms. The van der Waals surface area contributed by atoms with Crippen molar-refractivity contribution in [2.75, 3.05) is 19.8 Å². The average Bonchev–Trinajstić information content (AvgIpc) is 3.46. The van der Waals surface area contributed by atoms with Gasteiger partial charge in [0.05, 0.1) is 0 Å². The van der Waals surface area contributed by atoms with E-state index in [9.17, 15) is 0 Å². The molecule has 3 nitrogen and oxygen atoms in total. The molecule has 424 valence electrons. The monoisotopic (exact) mass is 1450 g/mol. The van der Waals surface area contributed by atoms with Crippen molar-refractivity contribution in [3.8, 4) is 0 Å². The normalized spacial score (nSPS) is 11.6. The SMILES string of the molecule is CCO[Si](C)(C)C(C)CCc1ccccc1.CCO[Si](OCC)(c1ccccc1)C(C)CCc1ccccc1.C[CH-]CCc1ccccc1.C[CH-]CCc1ccccc1.C[Si](C)(Cl)Cl.Cl[Si](Cl)(Cl)c1ccccc1.[Zn+][Br].[Zn+][Br]. The summed E-state index contributed by atoms with van der Waals surface area (Å²) >= 11 is 36.6. The van der Waals surface area contributed by atoms with Crippen LogP contribution in [0.2, 0.25) is 37.3 Å². The second kappa shape index (κ2) is 50.1. The van der Waals surface area contributed by atoms with Crippen LogP contribution in [0.4, 0.5) is 0 Å². The zero-order valence-corrected chi connectivity index (χ0v) is 65.6. The van der Waals surface area contributed by atoms with E-state index in [0.29, 0.717) is 24.3 Å². The number of benzene rings is 6. The Morgan fingerprint density at radius 3 is 0.923 bits per heavy atom. The standard InChI is InChI=1S/C20H28O2Si.C14H24OSi.2C10H13.C6H5Cl3Si.C2H6Cl2Si.2BrH.2Zn/c1-4-21-23(22-5-2,20-14-10-7-11-15-20)18(3)16-17-19-12-8-6-9-13-19;1-5-15-16(3,4)13(2)11-12-14-9-7-6-8-10-14;2*1-2-3-7-10-8-5-4-6-9-10;7-10(8,9)6-4-2-1-3-5-6;1-5(2,3)4;;;;/h6-15,18H,4-5,16-17H2,1-3H3;6-10,13H,5,11-12H2,1-4H3;2*2,4-6,8-9H,3,7H2,1H3;1-5H;1-2H3;2*1H;;/q;;2*-1;;;;;2*+2/p-2. The molecule has 6 rings (SSSR count). The van der Waals surface area contributed by atoms with Crippen molar-refractivity contribution in [1.82, 2.24) is 0 Å². The summed E-state index contributed by atoms with van der Waals surface area (Å²) in [7, 11) is -3.89. The molecule has 0 amide bonds. The molecule has 2 atom stereocenters. The summed E-state index contributed by atoms with van der Waals surface area (Å²) in [6, 6.07) is 59.8. The van der Waals surface area contributed by atoms with Gasteiger partial charge in [0.25, 0.3) is 0 Å². The zero-order chi connectivity index (χ0) is 59.1. The number of unbranched alkanes of at least 4 members (excludes halogenated alkanes) is 2. The minimum atomic E-state index is -2.62. The fourth-order valence-corrected chi connectivity index (χ4v) is 14.7. The molecule has 78 heavy (non-hydrogen) atoms. The number of hydrogen-bond donors (Lipinski definition) is 0. The molecule has 2 unspecified atom stereocenters. The van der Waals surface area contributed by atoms with E-state index < -0.39 is 29.6 Å². The Morgan fingerprint density at radius 1 is 0.410 bits per heavy atom. The van der Waals surface area contributed by atoms with E-state index in [0.717, 1.165) is 24.6 Å². The van der Waals surface area contributed by atoms with Gasteiger partial charge in [0.2, 0.25) is 6.69 Å². The van der Waals surface area contributed by atoms with Crippen LogP contribution in [0.1, 0.15) is 96.4 Å². The van der Waals surface area contributed by atoms with E-state index in [-0.39, 0.29) is 0 Å². The van der Waals surface area contributed by atoms with Gasteiger partial charge in [-0.3, -0.25) is 0 Å². The van der Waals surface area contributed by atoms with Gasteiger partial charge >= 0.3 is 74.5 Å².